The molecule has 0 unspecified atom stereocenters. The minimum Gasteiger partial charge on any atom is -0.497 e. The van der Waals surface area contributed by atoms with Gasteiger partial charge in [0.2, 0.25) is 0 Å². The lowest BCUT2D eigenvalue weighted by Gasteiger charge is -2.04. The van der Waals surface area contributed by atoms with E-state index in [4.69, 9.17) is 9.84 Å². The molecule has 5 heteroatoms. The van der Waals surface area contributed by atoms with Crippen LogP contribution in [0.25, 0.3) is 11.1 Å². The molecule has 0 radical (unpaired) electrons. The lowest BCUT2D eigenvalue weighted by Crippen LogP contribution is -1.98. The quantitative estimate of drug-likeness (QED) is 0.847. The predicted molar refractivity (Wildman–Crippen MR) is 66.5 cm³/mol. The fourth-order valence-corrected chi connectivity index (χ4v) is 1.75. The van der Waals surface area contributed by atoms with E-state index < -0.39 is 5.97 Å². The van der Waals surface area contributed by atoms with E-state index in [2.05, 4.69) is 10.2 Å². The lowest BCUT2D eigenvalue weighted by atomic mass is 10.0. The van der Waals surface area contributed by atoms with Crippen molar-refractivity contribution in [2.45, 2.75) is 12.8 Å². The molecular weight excluding hydrogens is 232 g/mol. The Labute approximate surface area is 104 Å². The van der Waals surface area contributed by atoms with E-state index in [0.717, 1.165) is 22.6 Å². The second-order valence-electron chi connectivity index (χ2n) is 3.88. The van der Waals surface area contributed by atoms with E-state index in [-0.39, 0.29) is 6.42 Å². The van der Waals surface area contributed by atoms with E-state index in [1.54, 1.807) is 13.3 Å². The van der Waals surface area contributed by atoms with Gasteiger partial charge < -0.3 is 9.84 Å². The molecule has 0 fully saturated rings. The third kappa shape index (κ3) is 2.68. The summed E-state index contributed by atoms with van der Waals surface area (Å²) in [5.41, 5.74) is 2.76. The van der Waals surface area contributed by atoms with Gasteiger partial charge in [-0.3, -0.25) is 9.89 Å². The van der Waals surface area contributed by atoms with Gasteiger partial charge in [-0.15, -0.1) is 0 Å². The molecule has 2 aromatic rings. The average Bonchev–Trinajstić information content (AvgIpc) is 2.85. The van der Waals surface area contributed by atoms with E-state index in [1.165, 1.54) is 0 Å². The molecule has 94 valence electrons. The highest BCUT2D eigenvalue weighted by Crippen LogP contribution is 2.25. The summed E-state index contributed by atoms with van der Waals surface area (Å²) in [5, 5.41) is 15.5. The molecule has 0 atom stereocenters. The van der Waals surface area contributed by atoms with Crippen molar-refractivity contribution in [1.82, 2.24) is 10.2 Å². The van der Waals surface area contributed by atoms with E-state index in [9.17, 15) is 4.79 Å². The second kappa shape index (κ2) is 5.35. The van der Waals surface area contributed by atoms with Crippen molar-refractivity contribution in [3.8, 4) is 16.9 Å². The van der Waals surface area contributed by atoms with Gasteiger partial charge in [-0.1, -0.05) is 12.1 Å². The van der Waals surface area contributed by atoms with Crippen LogP contribution >= 0.6 is 0 Å². The molecule has 0 aliphatic heterocycles. The zero-order valence-corrected chi connectivity index (χ0v) is 10.0. The number of carboxylic acid groups (broad SMARTS) is 1. The number of aliphatic carboxylic acids is 1. The molecule has 1 aromatic carbocycles. The first-order valence-corrected chi connectivity index (χ1v) is 5.59. The normalized spacial score (nSPS) is 10.3. The first-order valence-electron chi connectivity index (χ1n) is 5.59. The van der Waals surface area contributed by atoms with Gasteiger partial charge in [-0.05, 0) is 17.7 Å². The molecule has 2 N–H and O–H groups in total. The SMILES string of the molecule is COc1ccc(-c2cn[nH]c2CCC(=O)O)cc1. The van der Waals surface area contributed by atoms with Crippen LogP contribution in [0.3, 0.4) is 0 Å². The summed E-state index contributed by atoms with van der Waals surface area (Å²) in [7, 11) is 1.62. The number of aromatic amines is 1. The van der Waals surface area contributed by atoms with Crippen LogP contribution in [0.2, 0.25) is 0 Å². The molecular formula is C13H14N2O3. The number of methoxy groups -OCH3 is 1. The number of nitrogens with zero attached hydrogens (tertiary/aromatic N) is 1. The number of hydrogen-bond acceptors (Lipinski definition) is 3. The Balaban J connectivity index is 2.21. The fourth-order valence-electron chi connectivity index (χ4n) is 1.75. The standard InChI is InChI=1S/C13H14N2O3/c1-18-10-4-2-9(3-5-10)11-8-14-15-12(11)6-7-13(16)17/h2-5,8H,6-7H2,1H3,(H,14,15)(H,16,17). The Morgan fingerprint density at radius 1 is 1.39 bits per heavy atom. The fraction of sp³-hybridized carbons (Fsp3) is 0.231. The van der Waals surface area contributed by atoms with Crippen molar-refractivity contribution in [2.75, 3.05) is 7.11 Å². The molecule has 0 bridgehead atoms. The number of rotatable bonds is 5. The van der Waals surface area contributed by atoms with Crippen LogP contribution in [0.1, 0.15) is 12.1 Å². The largest absolute Gasteiger partial charge is 0.497 e. The molecule has 1 aromatic heterocycles. The summed E-state index contributed by atoms with van der Waals surface area (Å²) in [6, 6.07) is 7.58. The van der Waals surface area contributed by atoms with E-state index in [0.29, 0.717) is 6.42 Å². The Bertz CT molecular complexity index is 531. The van der Waals surface area contributed by atoms with E-state index >= 15 is 0 Å². The van der Waals surface area contributed by atoms with Gasteiger partial charge in [0, 0.05) is 17.7 Å². The van der Waals surface area contributed by atoms with Crippen LogP contribution in [0.15, 0.2) is 30.5 Å². The van der Waals surface area contributed by atoms with Crippen molar-refractivity contribution in [3.05, 3.63) is 36.2 Å². The molecule has 0 saturated carbocycles. The molecule has 0 saturated heterocycles. The molecule has 0 aliphatic rings. The number of carbonyl (C=O) groups is 1. The maximum Gasteiger partial charge on any atom is 0.303 e. The van der Waals surface area contributed by atoms with Gasteiger partial charge in [0.05, 0.1) is 19.7 Å². The van der Waals surface area contributed by atoms with Gasteiger partial charge in [-0.2, -0.15) is 5.10 Å². The van der Waals surface area contributed by atoms with Gasteiger partial charge in [0.1, 0.15) is 5.75 Å². The molecule has 5 nitrogen and oxygen atoms in total. The summed E-state index contributed by atoms with van der Waals surface area (Å²) in [6.45, 7) is 0. The molecule has 2 rings (SSSR count). The van der Waals surface area contributed by atoms with Crippen molar-refractivity contribution >= 4 is 5.97 Å². The maximum atomic E-state index is 10.6. The summed E-state index contributed by atoms with van der Waals surface area (Å²) in [4.78, 5) is 10.6. The Morgan fingerprint density at radius 3 is 2.72 bits per heavy atom. The zero-order valence-electron chi connectivity index (χ0n) is 10.0. The van der Waals surface area contributed by atoms with Crippen molar-refractivity contribution in [3.63, 3.8) is 0 Å². The summed E-state index contributed by atoms with van der Waals surface area (Å²) in [5.74, 6) is -0.0281. The first kappa shape index (κ1) is 12.2. The number of ether oxygens (including phenoxy) is 1. The number of aryl methyl sites for hydroxylation is 1. The smallest absolute Gasteiger partial charge is 0.303 e. The highest BCUT2D eigenvalue weighted by molar-refractivity contribution is 5.69. The predicted octanol–water partition coefficient (Wildman–Crippen LogP) is 2.10. The zero-order chi connectivity index (χ0) is 13.0. The summed E-state index contributed by atoms with van der Waals surface area (Å²) < 4.78 is 5.09. The van der Waals surface area contributed by atoms with Crippen LogP contribution < -0.4 is 4.74 Å². The minimum absolute atomic E-state index is 0.0886. The number of hydrogen-bond donors (Lipinski definition) is 2. The van der Waals surface area contributed by atoms with Crippen LogP contribution in [0, 0.1) is 0 Å². The Kier molecular flexibility index (Phi) is 3.62. The van der Waals surface area contributed by atoms with Crippen LogP contribution in [0.5, 0.6) is 5.75 Å². The van der Waals surface area contributed by atoms with Gasteiger partial charge >= 0.3 is 5.97 Å². The van der Waals surface area contributed by atoms with Crippen molar-refractivity contribution in [2.24, 2.45) is 0 Å². The topological polar surface area (TPSA) is 75.2 Å². The molecule has 1 heterocycles. The molecule has 0 spiro atoms. The molecule has 0 amide bonds. The monoisotopic (exact) mass is 246 g/mol. The minimum atomic E-state index is -0.815. The summed E-state index contributed by atoms with van der Waals surface area (Å²) in [6.07, 6.45) is 2.24. The number of H-pyrrole nitrogens is 1. The van der Waals surface area contributed by atoms with Gasteiger partial charge in [0.15, 0.2) is 0 Å². The van der Waals surface area contributed by atoms with Gasteiger partial charge in [0.25, 0.3) is 0 Å². The second-order valence-corrected chi connectivity index (χ2v) is 3.88. The highest BCUT2D eigenvalue weighted by atomic mass is 16.5. The number of nitrogens with one attached hydrogen (secondary N) is 1. The van der Waals surface area contributed by atoms with E-state index in [1.807, 2.05) is 24.3 Å². The Hall–Kier alpha value is -2.30. The van der Waals surface area contributed by atoms with Gasteiger partial charge in [-0.25, -0.2) is 0 Å². The third-order valence-corrected chi connectivity index (χ3v) is 2.71. The Morgan fingerprint density at radius 2 is 2.11 bits per heavy atom. The molecule has 18 heavy (non-hydrogen) atoms. The summed E-state index contributed by atoms with van der Waals surface area (Å²) >= 11 is 0. The maximum absolute atomic E-state index is 10.6. The van der Waals surface area contributed by atoms with Crippen LogP contribution in [0.4, 0.5) is 0 Å². The number of carboxylic acids is 1. The lowest BCUT2D eigenvalue weighted by molar-refractivity contribution is -0.136. The average molecular weight is 246 g/mol. The van der Waals surface area contributed by atoms with Crippen molar-refractivity contribution in [1.29, 1.82) is 0 Å². The third-order valence-electron chi connectivity index (χ3n) is 2.71. The van der Waals surface area contributed by atoms with Crippen LogP contribution in [-0.2, 0) is 11.2 Å². The first-order chi connectivity index (χ1) is 8.70. The number of benzene rings is 1. The van der Waals surface area contributed by atoms with Crippen LogP contribution in [-0.4, -0.2) is 28.4 Å². The van der Waals surface area contributed by atoms with Crippen molar-refractivity contribution < 1.29 is 14.6 Å². The number of aromatic nitrogens is 2. The highest BCUT2D eigenvalue weighted by Gasteiger charge is 2.09. The molecule has 0 aliphatic carbocycles.